The van der Waals surface area contributed by atoms with Gasteiger partial charge in [0.05, 0.1) is 36.6 Å². The van der Waals surface area contributed by atoms with E-state index in [1.807, 2.05) is 41.5 Å². The summed E-state index contributed by atoms with van der Waals surface area (Å²) in [5, 5.41) is 47.9. The predicted octanol–water partition coefficient (Wildman–Crippen LogP) is 7.97. The summed E-state index contributed by atoms with van der Waals surface area (Å²) in [5.74, 6) is 3.39. The Morgan fingerprint density at radius 1 is 0.519 bits per heavy atom. The van der Waals surface area contributed by atoms with Crippen LogP contribution in [0.4, 0.5) is 0 Å². The SMILES string of the molecule is CC(C)[C@H]1CC[C@H](C)[C@@H]2CC[C@@](C)(O)[C@@]3(O)[C@@H]2[C@@H]2OC(C)(C)OC[C@@H]2C[C@@H]13.CC(C)[C@H]1CC[C@H](C)[C@@H]2CC[C@@](C)(O)[C@@]3(O)[C@@H]2[C@@H]2OC(C)(C)OC[C@@H]2C[C@@H]13. The lowest BCUT2D eigenvalue weighted by molar-refractivity contribution is -0.368. The summed E-state index contributed by atoms with van der Waals surface area (Å²) in [7, 11) is 0. The average molecular weight is 761 g/mol. The molecule has 6 aliphatic carbocycles. The molecule has 8 aliphatic rings. The van der Waals surface area contributed by atoms with E-state index in [2.05, 4.69) is 41.5 Å². The highest BCUT2D eigenvalue weighted by Gasteiger charge is 2.71. The lowest BCUT2D eigenvalue weighted by Gasteiger charge is -2.67. The Bertz CT molecular complexity index is 1240. The van der Waals surface area contributed by atoms with Gasteiger partial charge in [0.2, 0.25) is 0 Å². The minimum absolute atomic E-state index is 0.00951. The lowest BCUT2D eigenvalue weighted by atomic mass is 9.44. The van der Waals surface area contributed by atoms with Gasteiger partial charge in [-0.1, -0.05) is 54.4 Å². The molecule has 8 bridgehead atoms. The number of aliphatic hydroxyl groups is 4. The first-order chi connectivity index (χ1) is 25.0. The second-order valence-electron chi connectivity index (χ2n) is 22.4. The van der Waals surface area contributed by atoms with E-state index in [9.17, 15) is 20.4 Å². The molecule has 18 atom stereocenters. The van der Waals surface area contributed by atoms with Crippen molar-refractivity contribution in [3.05, 3.63) is 0 Å². The summed E-state index contributed by atoms with van der Waals surface area (Å²) in [5.41, 5.74) is -4.26. The molecule has 0 amide bonds. The van der Waals surface area contributed by atoms with Gasteiger partial charge in [0.25, 0.3) is 0 Å². The average Bonchev–Trinajstić information content (AvgIpc) is 3.05. The van der Waals surface area contributed by atoms with Gasteiger partial charge in [0.15, 0.2) is 11.6 Å². The summed E-state index contributed by atoms with van der Waals surface area (Å²) in [4.78, 5) is 0. The smallest absolute Gasteiger partial charge is 0.163 e. The number of hydrogen-bond donors (Lipinski definition) is 4. The molecule has 8 heteroatoms. The van der Waals surface area contributed by atoms with E-state index in [1.54, 1.807) is 0 Å². The summed E-state index contributed by atoms with van der Waals surface area (Å²) < 4.78 is 25.1. The van der Waals surface area contributed by atoms with Gasteiger partial charge < -0.3 is 39.4 Å². The maximum absolute atomic E-state index is 12.4. The van der Waals surface area contributed by atoms with Gasteiger partial charge in [-0.25, -0.2) is 0 Å². The molecule has 312 valence electrons. The molecule has 8 fully saturated rings. The molecular weight excluding hydrogens is 680 g/mol. The summed E-state index contributed by atoms with van der Waals surface area (Å²) in [6.07, 6.45) is 9.81. The second-order valence-corrected chi connectivity index (χ2v) is 22.4. The largest absolute Gasteiger partial charge is 0.387 e. The lowest BCUT2D eigenvalue weighted by Crippen LogP contribution is -2.75. The maximum Gasteiger partial charge on any atom is 0.163 e. The van der Waals surface area contributed by atoms with Crippen LogP contribution in [0.3, 0.4) is 0 Å². The van der Waals surface area contributed by atoms with Crippen LogP contribution >= 0.6 is 0 Å². The van der Waals surface area contributed by atoms with Gasteiger partial charge in [0, 0.05) is 23.7 Å². The first-order valence-corrected chi connectivity index (χ1v) is 22.5. The molecule has 8 nitrogen and oxygen atoms in total. The van der Waals surface area contributed by atoms with Crippen molar-refractivity contribution >= 4 is 0 Å². The molecule has 54 heavy (non-hydrogen) atoms. The van der Waals surface area contributed by atoms with Crippen molar-refractivity contribution in [1.82, 2.24) is 0 Å². The van der Waals surface area contributed by atoms with E-state index in [4.69, 9.17) is 18.9 Å². The van der Waals surface area contributed by atoms with Crippen LogP contribution in [-0.2, 0) is 18.9 Å². The molecule has 0 spiro atoms. The molecular formula is C46H80O8. The molecule has 4 N–H and O–H groups in total. The number of rotatable bonds is 2. The molecule has 2 heterocycles. The van der Waals surface area contributed by atoms with Gasteiger partial charge in [-0.2, -0.15) is 0 Å². The second kappa shape index (κ2) is 14.2. The number of ether oxygens (including phenoxy) is 4. The third-order valence-corrected chi connectivity index (χ3v) is 17.7. The number of hydrogen-bond acceptors (Lipinski definition) is 8. The monoisotopic (exact) mass is 761 g/mol. The third kappa shape index (κ3) is 6.61. The zero-order valence-electron chi connectivity index (χ0n) is 36.1. The van der Waals surface area contributed by atoms with Crippen LogP contribution < -0.4 is 0 Å². The van der Waals surface area contributed by atoms with E-state index in [-0.39, 0.29) is 35.9 Å². The third-order valence-electron chi connectivity index (χ3n) is 17.7. The van der Waals surface area contributed by atoms with Crippen LogP contribution in [0.25, 0.3) is 0 Å². The zero-order chi connectivity index (χ0) is 39.6. The van der Waals surface area contributed by atoms with Crippen LogP contribution in [-0.4, -0.2) is 79.8 Å². The predicted molar refractivity (Wildman–Crippen MR) is 210 cm³/mol. The maximum atomic E-state index is 12.4. The Morgan fingerprint density at radius 3 is 1.20 bits per heavy atom. The molecule has 6 saturated carbocycles. The normalized spacial score (nSPS) is 54.8. The summed E-state index contributed by atoms with van der Waals surface area (Å²) in [6, 6.07) is 0. The molecule has 8 rings (SSSR count). The molecule has 0 aromatic carbocycles. The van der Waals surface area contributed by atoms with Gasteiger partial charge in [-0.3, -0.25) is 0 Å². The Balaban J connectivity index is 0.000000167. The fourth-order valence-electron chi connectivity index (χ4n) is 14.8. The van der Waals surface area contributed by atoms with Crippen molar-refractivity contribution in [1.29, 1.82) is 0 Å². The quantitative estimate of drug-likeness (QED) is 0.224. The highest BCUT2D eigenvalue weighted by atomic mass is 16.7. The molecule has 0 aromatic heterocycles. The molecule has 2 saturated heterocycles. The summed E-state index contributed by atoms with van der Waals surface area (Å²) >= 11 is 0. The summed E-state index contributed by atoms with van der Waals surface area (Å²) in [6.45, 7) is 27.0. The van der Waals surface area contributed by atoms with Crippen LogP contribution in [0.1, 0.15) is 147 Å². The van der Waals surface area contributed by atoms with Crippen molar-refractivity contribution in [2.75, 3.05) is 13.2 Å². The zero-order valence-corrected chi connectivity index (χ0v) is 36.1. The molecule has 0 aromatic rings. The minimum atomic E-state index is -1.08. The first-order valence-electron chi connectivity index (χ1n) is 22.5. The Hall–Kier alpha value is -0.320. The van der Waals surface area contributed by atoms with Gasteiger partial charge in [-0.05, 0) is 152 Å². The minimum Gasteiger partial charge on any atom is -0.387 e. The Labute approximate surface area is 328 Å². The van der Waals surface area contributed by atoms with E-state index in [1.165, 1.54) is 12.8 Å². The number of fused-ring (bicyclic) bond motifs is 2. The van der Waals surface area contributed by atoms with E-state index in [0.717, 1.165) is 38.5 Å². The van der Waals surface area contributed by atoms with Crippen molar-refractivity contribution in [2.24, 2.45) is 82.9 Å². The van der Waals surface area contributed by atoms with Crippen molar-refractivity contribution in [3.8, 4) is 0 Å². The van der Waals surface area contributed by atoms with Crippen LogP contribution in [0.15, 0.2) is 0 Å². The van der Waals surface area contributed by atoms with Gasteiger partial charge in [-0.15, -0.1) is 0 Å². The van der Waals surface area contributed by atoms with Crippen molar-refractivity contribution < 1.29 is 39.4 Å². The Kier molecular flexibility index (Phi) is 11.0. The van der Waals surface area contributed by atoms with E-state index < -0.39 is 34.0 Å². The van der Waals surface area contributed by atoms with Crippen LogP contribution in [0.5, 0.6) is 0 Å². The van der Waals surface area contributed by atoms with Crippen LogP contribution in [0, 0.1) is 82.9 Å². The molecule has 0 radical (unpaired) electrons. The fourth-order valence-corrected chi connectivity index (χ4v) is 14.8. The Morgan fingerprint density at radius 2 is 0.870 bits per heavy atom. The highest BCUT2D eigenvalue weighted by molar-refractivity contribution is 5.20. The molecule has 0 unspecified atom stereocenters. The topological polar surface area (TPSA) is 118 Å². The van der Waals surface area contributed by atoms with Gasteiger partial charge >= 0.3 is 0 Å². The molecule has 2 aliphatic heterocycles. The van der Waals surface area contributed by atoms with E-state index in [0.29, 0.717) is 85.2 Å². The van der Waals surface area contributed by atoms with Crippen molar-refractivity contribution in [2.45, 2.75) is 193 Å². The van der Waals surface area contributed by atoms with E-state index >= 15 is 0 Å². The van der Waals surface area contributed by atoms with Gasteiger partial charge in [0.1, 0.15) is 11.2 Å². The highest BCUT2D eigenvalue weighted by Crippen LogP contribution is 2.65. The fraction of sp³-hybridized carbons (Fsp3) is 1.00. The first kappa shape index (κ1) is 41.8. The van der Waals surface area contributed by atoms with Crippen molar-refractivity contribution in [3.63, 3.8) is 0 Å². The standard InChI is InChI=1S/2C23H40O4/c2*1-13(2)16-8-7-14(3)17-9-10-22(6,24)23(25)18(16)11-15-12-26-21(4,5)27-20(15)19(17)23/h2*13-20,24-25H,7-12H2,1-6H3/t2*14-,15-,16+,17-,18-,19-,20+,22+,23-/m00/s1. The van der Waals surface area contributed by atoms with Crippen LogP contribution in [0.2, 0.25) is 0 Å².